The number of anilines is 1. The van der Waals surface area contributed by atoms with E-state index in [-0.39, 0.29) is 18.1 Å². The van der Waals surface area contributed by atoms with Gasteiger partial charge < -0.3 is 10.1 Å². The summed E-state index contributed by atoms with van der Waals surface area (Å²) in [5, 5.41) is 2.99. The summed E-state index contributed by atoms with van der Waals surface area (Å²) in [4.78, 5) is 28.0. The number of ketones is 1. The Kier molecular flexibility index (Phi) is 4.30. The molecular weight excluding hydrogens is 256 g/mol. The number of nitrogens with one attached hydrogen (secondary N) is 1. The van der Waals surface area contributed by atoms with Gasteiger partial charge in [-0.15, -0.1) is 0 Å². The van der Waals surface area contributed by atoms with Gasteiger partial charge in [-0.05, 0) is 26.0 Å². The van der Waals surface area contributed by atoms with E-state index in [0.29, 0.717) is 5.71 Å². The topological polar surface area (TPSA) is 67.8 Å². The Morgan fingerprint density at radius 1 is 1.40 bits per heavy atom. The normalized spacial score (nSPS) is 19.9. The maximum absolute atomic E-state index is 12.1. The number of nitrogens with zero attached hydrogens (tertiary/aromatic N) is 1. The molecule has 1 N–H and O–H groups in total. The van der Waals surface area contributed by atoms with E-state index >= 15 is 0 Å². The van der Waals surface area contributed by atoms with Crippen molar-refractivity contribution in [2.24, 2.45) is 10.9 Å². The van der Waals surface area contributed by atoms with Crippen LogP contribution < -0.4 is 5.32 Å². The van der Waals surface area contributed by atoms with Crippen molar-refractivity contribution in [1.82, 2.24) is 0 Å². The maximum atomic E-state index is 12.1. The summed E-state index contributed by atoms with van der Waals surface area (Å²) >= 11 is 0. The molecule has 1 heterocycles. The number of benzene rings is 1. The summed E-state index contributed by atoms with van der Waals surface area (Å²) in [5.74, 6) is -1.77. The summed E-state index contributed by atoms with van der Waals surface area (Å²) in [5.41, 5.74) is 1.55. The molecule has 0 aliphatic carbocycles. The average Bonchev–Trinajstić information content (AvgIpc) is 2.72. The Labute approximate surface area is 117 Å². The van der Waals surface area contributed by atoms with Crippen LogP contribution in [-0.4, -0.2) is 24.1 Å². The minimum Gasteiger partial charge on any atom is -0.465 e. The standard InChI is InChI=1S/C15H16N2O3/c1-3-20-15(19)13-10(2)17-12(14(13)18)9-16-11-7-5-4-6-8-11/h4-9,13,16H,3H2,1-2H3/b12-9+. The molecule has 2 rings (SSSR count). The lowest BCUT2D eigenvalue weighted by Gasteiger charge is -2.07. The fourth-order valence-corrected chi connectivity index (χ4v) is 1.94. The molecule has 104 valence electrons. The first-order chi connectivity index (χ1) is 9.63. The van der Waals surface area contributed by atoms with E-state index in [9.17, 15) is 9.59 Å². The summed E-state index contributed by atoms with van der Waals surface area (Å²) < 4.78 is 4.89. The van der Waals surface area contributed by atoms with E-state index in [2.05, 4.69) is 10.3 Å². The second kappa shape index (κ2) is 6.14. The largest absolute Gasteiger partial charge is 0.465 e. The molecule has 0 fully saturated rings. The second-order valence-corrected chi connectivity index (χ2v) is 4.34. The van der Waals surface area contributed by atoms with Crippen LogP contribution in [0.15, 0.2) is 47.2 Å². The number of rotatable bonds is 4. The second-order valence-electron chi connectivity index (χ2n) is 4.34. The van der Waals surface area contributed by atoms with Crippen molar-refractivity contribution < 1.29 is 14.3 Å². The van der Waals surface area contributed by atoms with E-state index in [0.717, 1.165) is 5.69 Å². The van der Waals surface area contributed by atoms with E-state index < -0.39 is 11.9 Å². The van der Waals surface area contributed by atoms with Crippen LogP contribution in [0.25, 0.3) is 0 Å². The number of esters is 1. The molecule has 1 aliphatic rings. The molecular formula is C15H16N2O3. The monoisotopic (exact) mass is 272 g/mol. The molecule has 1 atom stereocenters. The minimum atomic E-state index is -0.904. The molecule has 0 saturated carbocycles. The fraction of sp³-hybridized carbons (Fsp3) is 0.267. The Balaban J connectivity index is 2.12. The van der Waals surface area contributed by atoms with Crippen molar-refractivity contribution in [2.45, 2.75) is 13.8 Å². The quantitative estimate of drug-likeness (QED) is 0.518. The van der Waals surface area contributed by atoms with Gasteiger partial charge in [0.1, 0.15) is 5.70 Å². The third-order valence-electron chi connectivity index (χ3n) is 2.90. The molecule has 1 aromatic rings. The van der Waals surface area contributed by atoms with Gasteiger partial charge in [0.2, 0.25) is 5.78 Å². The van der Waals surface area contributed by atoms with Crippen LogP contribution >= 0.6 is 0 Å². The number of allylic oxidation sites excluding steroid dienone is 1. The molecule has 0 bridgehead atoms. The highest BCUT2D eigenvalue weighted by atomic mass is 16.5. The molecule has 0 saturated heterocycles. The smallest absolute Gasteiger partial charge is 0.322 e. The van der Waals surface area contributed by atoms with Crippen LogP contribution in [0.3, 0.4) is 0 Å². The number of para-hydroxylation sites is 1. The van der Waals surface area contributed by atoms with Crippen molar-refractivity contribution in [3.63, 3.8) is 0 Å². The molecule has 0 spiro atoms. The minimum absolute atomic E-state index is 0.240. The summed E-state index contributed by atoms with van der Waals surface area (Å²) in [6.07, 6.45) is 1.51. The first kappa shape index (κ1) is 14.0. The van der Waals surface area contributed by atoms with Crippen molar-refractivity contribution in [2.75, 3.05) is 11.9 Å². The first-order valence-corrected chi connectivity index (χ1v) is 6.41. The lowest BCUT2D eigenvalue weighted by Crippen LogP contribution is -2.28. The Morgan fingerprint density at radius 2 is 2.10 bits per heavy atom. The van der Waals surface area contributed by atoms with Gasteiger partial charge in [0.05, 0.1) is 6.61 Å². The van der Waals surface area contributed by atoms with Gasteiger partial charge >= 0.3 is 5.97 Å². The number of hydrogen-bond donors (Lipinski definition) is 1. The summed E-state index contributed by atoms with van der Waals surface area (Å²) in [6.45, 7) is 3.61. The molecule has 1 aliphatic heterocycles. The number of hydrogen-bond acceptors (Lipinski definition) is 5. The number of Topliss-reactive ketones (excluding diaryl/α,β-unsaturated/α-hetero) is 1. The molecule has 20 heavy (non-hydrogen) atoms. The van der Waals surface area contributed by atoms with Crippen LogP contribution in [0.2, 0.25) is 0 Å². The highest BCUT2D eigenvalue weighted by Gasteiger charge is 2.38. The van der Waals surface area contributed by atoms with Crippen molar-refractivity contribution in [3.05, 3.63) is 42.2 Å². The van der Waals surface area contributed by atoms with Gasteiger partial charge in [0.25, 0.3) is 0 Å². The number of ether oxygens (including phenoxy) is 1. The lowest BCUT2D eigenvalue weighted by molar-refractivity contribution is -0.147. The highest BCUT2D eigenvalue weighted by molar-refractivity contribution is 6.27. The molecule has 1 aromatic carbocycles. The molecule has 0 radical (unpaired) electrons. The first-order valence-electron chi connectivity index (χ1n) is 6.41. The average molecular weight is 272 g/mol. The van der Waals surface area contributed by atoms with E-state index in [1.54, 1.807) is 13.8 Å². The summed E-state index contributed by atoms with van der Waals surface area (Å²) in [6, 6.07) is 9.41. The van der Waals surface area contributed by atoms with Crippen molar-refractivity contribution >= 4 is 23.2 Å². The van der Waals surface area contributed by atoms with Gasteiger partial charge in [-0.2, -0.15) is 0 Å². The molecule has 0 amide bonds. The van der Waals surface area contributed by atoms with Crippen molar-refractivity contribution in [3.8, 4) is 0 Å². The van der Waals surface area contributed by atoms with Gasteiger partial charge in [-0.1, -0.05) is 18.2 Å². The zero-order chi connectivity index (χ0) is 14.5. The molecule has 5 heteroatoms. The van der Waals surface area contributed by atoms with Gasteiger partial charge in [0, 0.05) is 17.6 Å². The third kappa shape index (κ3) is 2.93. The van der Waals surface area contributed by atoms with Crippen molar-refractivity contribution in [1.29, 1.82) is 0 Å². The van der Waals surface area contributed by atoms with Crippen LogP contribution in [0, 0.1) is 5.92 Å². The lowest BCUT2D eigenvalue weighted by atomic mass is 10.0. The SMILES string of the molecule is CCOC(=O)C1C(=O)/C(=C\Nc2ccccc2)N=C1C. The predicted octanol–water partition coefficient (Wildman–Crippen LogP) is 2.16. The van der Waals surface area contributed by atoms with Crippen LogP contribution in [-0.2, 0) is 14.3 Å². The summed E-state index contributed by atoms with van der Waals surface area (Å²) in [7, 11) is 0. The van der Waals surface area contributed by atoms with Crippen LogP contribution in [0.5, 0.6) is 0 Å². The number of carbonyl (C=O) groups excluding carboxylic acids is 2. The predicted molar refractivity (Wildman–Crippen MR) is 76.4 cm³/mol. The van der Waals surface area contributed by atoms with Crippen LogP contribution in [0.1, 0.15) is 13.8 Å². The fourth-order valence-electron chi connectivity index (χ4n) is 1.94. The number of aliphatic imine (C=N–C) groups is 1. The van der Waals surface area contributed by atoms with E-state index in [4.69, 9.17) is 4.74 Å². The maximum Gasteiger partial charge on any atom is 0.322 e. The van der Waals surface area contributed by atoms with E-state index in [1.807, 2.05) is 30.3 Å². The Hall–Kier alpha value is -2.43. The molecule has 5 nitrogen and oxygen atoms in total. The van der Waals surface area contributed by atoms with Gasteiger partial charge in [-0.25, -0.2) is 0 Å². The zero-order valence-corrected chi connectivity index (χ0v) is 11.4. The van der Waals surface area contributed by atoms with E-state index in [1.165, 1.54) is 6.20 Å². The Bertz CT molecular complexity index is 576. The molecule has 1 unspecified atom stereocenters. The molecule has 0 aromatic heterocycles. The van der Waals surface area contributed by atoms with Crippen LogP contribution in [0.4, 0.5) is 5.69 Å². The third-order valence-corrected chi connectivity index (χ3v) is 2.90. The van der Waals surface area contributed by atoms with Gasteiger partial charge in [-0.3, -0.25) is 14.6 Å². The van der Waals surface area contributed by atoms with Gasteiger partial charge in [0.15, 0.2) is 5.92 Å². The zero-order valence-electron chi connectivity index (χ0n) is 11.4. The highest BCUT2D eigenvalue weighted by Crippen LogP contribution is 2.21. The Morgan fingerprint density at radius 3 is 2.75 bits per heavy atom. The number of carbonyl (C=O) groups is 2.